The maximum atomic E-state index is 13.3. The van der Waals surface area contributed by atoms with Crippen LogP contribution < -0.4 is 10.2 Å². The molecule has 0 radical (unpaired) electrons. The first-order chi connectivity index (χ1) is 13.4. The molecular weight excluding hydrogens is 360 g/mol. The summed E-state index contributed by atoms with van der Waals surface area (Å²) < 4.78 is 26.3. The van der Waals surface area contributed by atoms with Crippen LogP contribution in [0.1, 0.15) is 29.9 Å². The van der Waals surface area contributed by atoms with E-state index in [1.165, 1.54) is 11.6 Å². The van der Waals surface area contributed by atoms with Crippen LogP contribution in [0.15, 0.2) is 66.9 Å². The molecule has 3 aromatic rings. The molecule has 0 unspecified atom stereocenters. The summed E-state index contributed by atoms with van der Waals surface area (Å²) in [6.07, 6.45) is 1.64. The van der Waals surface area contributed by atoms with Crippen molar-refractivity contribution in [1.82, 2.24) is 4.98 Å². The van der Waals surface area contributed by atoms with Gasteiger partial charge < -0.3 is 10.2 Å². The second-order valence-electron chi connectivity index (χ2n) is 6.69. The number of pyridine rings is 1. The molecule has 1 heterocycles. The number of benzene rings is 2. The summed E-state index contributed by atoms with van der Waals surface area (Å²) in [6.45, 7) is 4.90. The standard InChI is InChI=1S/C22H21F2N3O/c1-15(2)27(14-16-6-4-3-5-7-16)18-9-11-21(25-13-18)22(28)26-17-8-10-19(23)20(24)12-17/h3-13,15H,14H2,1-2H3,(H,26,28). The molecule has 28 heavy (non-hydrogen) atoms. The van der Waals surface area contributed by atoms with Crippen molar-refractivity contribution in [3.8, 4) is 0 Å². The number of aromatic nitrogens is 1. The molecule has 0 fully saturated rings. The van der Waals surface area contributed by atoms with Crippen molar-refractivity contribution in [1.29, 1.82) is 0 Å². The van der Waals surface area contributed by atoms with E-state index in [1.807, 2.05) is 24.3 Å². The fourth-order valence-electron chi connectivity index (χ4n) is 2.81. The van der Waals surface area contributed by atoms with E-state index in [2.05, 4.69) is 41.2 Å². The van der Waals surface area contributed by atoms with Crippen LogP contribution in [-0.4, -0.2) is 16.9 Å². The van der Waals surface area contributed by atoms with Crippen LogP contribution in [0.2, 0.25) is 0 Å². The summed E-state index contributed by atoms with van der Waals surface area (Å²) in [5, 5.41) is 2.52. The predicted molar refractivity (Wildman–Crippen MR) is 106 cm³/mol. The van der Waals surface area contributed by atoms with Crippen molar-refractivity contribution in [2.45, 2.75) is 26.4 Å². The van der Waals surface area contributed by atoms with E-state index in [0.717, 1.165) is 24.4 Å². The summed E-state index contributed by atoms with van der Waals surface area (Å²) in [6, 6.07) is 17.0. The van der Waals surface area contributed by atoms with Crippen LogP contribution in [0, 0.1) is 11.6 Å². The maximum absolute atomic E-state index is 13.3. The molecule has 3 rings (SSSR count). The van der Waals surface area contributed by atoms with Gasteiger partial charge in [0.1, 0.15) is 5.69 Å². The summed E-state index contributed by atoms with van der Waals surface area (Å²) in [7, 11) is 0. The predicted octanol–water partition coefficient (Wildman–Crippen LogP) is 5.03. The highest BCUT2D eigenvalue weighted by Crippen LogP contribution is 2.20. The SMILES string of the molecule is CC(C)N(Cc1ccccc1)c1ccc(C(=O)Nc2ccc(F)c(F)c2)nc1. The van der Waals surface area contributed by atoms with Gasteiger partial charge in [0.05, 0.1) is 11.9 Å². The molecule has 1 N–H and O–H groups in total. The van der Waals surface area contributed by atoms with Crippen LogP contribution in [0.25, 0.3) is 0 Å². The van der Waals surface area contributed by atoms with Gasteiger partial charge in [0.2, 0.25) is 0 Å². The van der Waals surface area contributed by atoms with E-state index < -0.39 is 17.5 Å². The Morgan fingerprint density at radius 1 is 1.04 bits per heavy atom. The highest BCUT2D eigenvalue weighted by Gasteiger charge is 2.14. The Morgan fingerprint density at radius 3 is 2.39 bits per heavy atom. The van der Waals surface area contributed by atoms with Crippen molar-refractivity contribution in [3.05, 3.63) is 89.8 Å². The Balaban J connectivity index is 1.73. The quantitative estimate of drug-likeness (QED) is 0.652. The Morgan fingerprint density at radius 2 is 1.79 bits per heavy atom. The minimum Gasteiger partial charge on any atom is -0.364 e. The fourth-order valence-corrected chi connectivity index (χ4v) is 2.81. The van der Waals surface area contributed by atoms with E-state index >= 15 is 0 Å². The molecule has 144 valence electrons. The van der Waals surface area contributed by atoms with Gasteiger partial charge in [-0.2, -0.15) is 0 Å². The molecule has 0 aliphatic heterocycles. The second kappa shape index (κ2) is 8.61. The van der Waals surface area contributed by atoms with Crippen molar-refractivity contribution < 1.29 is 13.6 Å². The highest BCUT2D eigenvalue weighted by molar-refractivity contribution is 6.02. The van der Waals surface area contributed by atoms with Crippen LogP contribution in [-0.2, 0) is 6.54 Å². The van der Waals surface area contributed by atoms with E-state index in [1.54, 1.807) is 12.3 Å². The van der Waals surface area contributed by atoms with Gasteiger partial charge in [-0.3, -0.25) is 4.79 Å². The van der Waals surface area contributed by atoms with Gasteiger partial charge in [-0.1, -0.05) is 30.3 Å². The average molecular weight is 381 g/mol. The molecule has 0 spiro atoms. The lowest BCUT2D eigenvalue weighted by Gasteiger charge is -2.29. The number of amides is 1. The molecule has 0 saturated carbocycles. The van der Waals surface area contributed by atoms with Crippen molar-refractivity contribution in [2.75, 3.05) is 10.2 Å². The number of anilines is 2. The number of rotatable bonds is 6. The number of hydrogen-bond donors (Lipinski definition) is 1. The molecule has 1 amide bonds. The van der Waals surface area contributed by atoms with E-state index in [9.17, 15) is 13.6 Å². The molecule has 4 nitrogen and oxygen atoms in total. The zero-order valence-corrected chi connectivity index (χ0v) is 15.7. The lowest BCUT2D eigenvalue weighted by Crippen LogP contribution is -2.30. The van der Waals surface area contributed by atoms with Crippen LogP contribution in [0.5, 0.6) is 0 Å². The Labute approximate surface area is 162 Å². The van der Waals surface area contributed by atoms with E-state index in [4.69, 9.17) is 0 Å². The fraction of sp³-hybridized carbons (Fsp3) is 0.182. The summed E-state index contributed by atoms with van der Waals surface area (Å²) >= 11 is 0. The number of carbonyl (C=O) groups excluding carboxylic acids is 1. The molecule has 0 aliphatic rings. The summed E-state index contributed by atoms with van der Waals surface area (Å²) in [4.78, 5) is 18.7. The van der Waals surface area contributed by atoms with Crippen LogP contribution >= 0.6 is 0 Å². The molecule has 0 aliphatic carbocycles. The smallest absolute Gasteiger partial charge is 0.274 e. The average Bonchev–Trinajstić information content (AvgIpc) is 2.69. The molecule has 0 atom stereocenters. The van der Waals surface area contributed by atoms with Gasteiger partial charge in [0.15, 0.2) is 11.6 Å². The van der Waals surface area contributed by atoms with E-state index in [0.29, 0.717) is 0 Å². The van der Waals surface area contributed by atoms with Crippen molar-refractivity contribution >= 4 is 17.3 Å². The largest absolute Gasteiger partial charge is 0.364 e. The van der Waals surface area contributed by atoms with Crippen LogP contribution in [0.4, 0.5) is 20.2 Å². The molecule has 6 heteroatoms. The Hall–Kier alpha value is -3.28. The van der Waals surface area contributed by atoms with Gasteiger partial charge >= 0.3 is 0 Å². The Bertz CT molecular complexity index is 944. The maximum Gasteiger partial charge on any atom is 0.274 e. The molecule has 2 aromatic carbocycles. The third-order valence-electron chi connectivity index (χ3n) is 4.31. The third kappa shape index (κ3) is 4.71. The van der Waals surface area contributed by atoms with E-state index in [-0.39, 0.29) is 17.4 Å². The molecule has 0 bridgehead atoms. The second-order valence-corrected chi connectivity index (χ2v) is 6.69. The van der Waals surface area contributed by atoms with Crippen molar-refractivity contribution in [2.24, 2.45) is 0 Å². The van der Waals surface area contributed by atoms with Gasteiger partial charge in [-0.05, 0) is 43.7 Å². The number of nitrogens with zero attached hydrogens (tertiary/aromatic N) is 2. The van der Waals surface area contributed by atoms with Gasteiger partial charge in [-0.25, -0.2) is 13.8 Å². The zero-order chi connectivity index (χ0) is 20.1. The number of hydrogen-bond acceptors (Lipinski definition) is 3. The minimum absolute atomic E-state index is 0.169. The van der Waals surface area contributed by atoms with Gasteiger partial charge in [-0.15, -0.1) is 0 Å². The monoisotopic (exact) mass is 381 g/mol. The number of halogens is 2. The highest BCUT2D eigenvalue weighted by atomic mass is 19.2. The lowest BCUT2D eigenvalue weighted by atomic mass is 10.1. The first-order valence-electron chi connectivity index (χ1n) is 8.97. The minimum atomic E-state index is -1.02. The molecule has 0 saturated heterocycles. The van der Waals surface area contributed by atoms with Gasteiger partial charge in [0.25, 0.3) is 5.91 Å². The topological polar surface area (TPSA) is 45.2 Å². The summed E-state index contributed by atoms with van der Waals surface area (Å²) in [5.41, 5.74) is 2.43. The molecule has 1 aromatic heterocycles. The molecular formula is C22H21F2N3O. The Kier molecular flexibility index (Phi) is 5.99. The first-order valence-corrected chi connectivity index (χ1v) is 8.97. The van der Waals surface area contributed by atoms with Crippen molar-refractivity contribution in [3.63, 3.8) is 0 Å². The number of nitrogens with one attached hydrogen (secondary N) is 1. The first kappa shape index (κ1) is 19.5. The lowest BCUT2D eigenvalue weighted by molar-refractivity contribution is 0.102. The van der Waals surface area contributed by atoms with Crippen LogP contribution in [0.3, 0.4) is 0 Å². The normalized spacial score (nSPS) is 10.8. The zero-order valence-electron chi connectivity index (χ0n) is 15.7. The van der Waals surface area contributed by atoms with Gasteiger partial charge in [0, 0.05) is 24.3 Å². The third-order valence-corrected chi connectivity index (χ3v) is 4.31. The number of carbonyl (C=O) groups is 1. The summed E-state index contributed by atoms with van der Waals surface area (Å²) in [5.74, 6) is -2.47.